The number of carbonyl (C=O) groups excluding carboxylic acids is 1. The topological polar surface area (TPSA) is 88.6 Å². The van der Waals surface area contributed by atoms with E-state index in [4.69, 9.17) is 14.2 Å². The minimum absolute atomic E-state index is 0.114. The van der Waals surface area contributed by atoms with Gasteiger partial charge < -0.3 is 24.0 Å². The van der Waals surface area contributed by atoms with Crippen LogP contribution >= 0.6 is 0 Å². The predicted molar refractivity (Wildman–Crippen MR) is 138 cm³/mol. The van der Waals surface area contributed by atoms with Crippen molar-refractivity contribution < 1.29 is 27.4 Å². The van der Waals surface area contributed by atoms with Gasteiger partial charge in [0.15, 0.2) is 0 Å². The van der Waals surface area contributed by atoms with E-state index in [0.717, 1.165) is 18.5 Å². The molecule has 1 atom stereocenters. The quantitative estimate of drug-likeness (QED) is 0.558. The van der Waals surface area contributed by atoms with Crippen molar-refractivity contribution in [2.75, 3.05) is 65.5 Å². The fourth-order valence-electron chi connectivity index (χ4n) is 4.89. The maximum absolute atomic E-state index is 13.4. The first-order chi connectivity index (χ1) is 17.3. The molecular weight excluding hydrogens is 482 g/mol. The largest absolute Gasteiger partial charge is 0.497 e. The Kier molecular flexibility index (Phi) is 7.94. The van der Waals surface area contributed by atoms with E-state index in [1.54, 1.807) is 59.8 Å². The SMILES string of the molecule is COc1ccc(C(=O)N2CCN(c3cc(S(=O)(=O)N4CCC[C@@H](C)C4)ccc3OC)CC2)c(OC)c1. The molecule has 0 saturated carbocycles. The summed E-state index contributed by atoms with van der Waals surface area (Å²) in [7, 11) is 1.08. The van der Waals surface area contributed by atoms with E-state index >= 15 is 0 Å². The van der Waals surface area contributed by atoms with E-state index in [0.29, 0.717) is 68.0 Å². The summed E-state index contributed by atoms with van der Waals surface area (Å²) in [6, 6.07) is 10.2. The van der Waals surface area contributed by atoms with E-state index in [1.165, 1.54) is 7.11 Å². The van der Waals surface area contributed by atoms with Crippen LogP contribution in [0.3, 0.4) is 0 Å². The average Bonchev–Trinajstić information content (AvgIpc) is 2.92. The smallest absolute Gasteiger partial charge is 0.257 e. The van der Waals surface area contributed by atoms with Crippen molar-refractivity contribution in [1.82, 2.24) is 9.21 Å². The molecule has 0 radical (unpaired) electrons. The number of ether oxygens (including phenoxy) is 3. The third kappa shape index (κ3) is 5.24. The number of anilines is 1. The molecule has 9 nitrogen and oxygen atoms in total. The Hall–Kier alpha value is -2.98. The van der Waals surface area contributed by atoms with Gasteiger partial charge in [-0.15, -0.1) is 0 Å². The van der Waals surface area contributed by atoms with Gasteiger partial charge >= 0.3 is 0 Å². The van der Waals surface area contributed by atoms with Gasteiger partial charge in [0, 0.05) is 45.3 Å². The number of hydrogen-bond acceptors (Lipinski definition) is 7. The maximum atomic E-state index is 13.4. The first-order valence-electron chi connectivity index (χ1n) is 12.2. The van der Waals surface area contributed by atoms with Gasteiger partial charge in [0.05, 0.1) is 37.5 Å². The Balaban J connectivity index is 1.51. The van der Waals surface area contributed by atoms with Crippen LogP contribution in [0, 0.1) is 5.92 Å². The molecule has 2 aliphatic rings. The Morgan fingerprint density at radius 3 is 2.25 bits per heavy atom. The van der Waals surface area contributed by atoms with Crippen molar-refractivity contribution >= 4 is 21.6 Å². The number of methoxy groups -OCH3 is 3. The van der Waals surface area contributed by atoms with Gasteiger partial charge in [0.25, 0.3) is 5.91 Å². The Morgan fingerprint density at radius 1 is 0.889 bits per heavy atom. The van der Waals surface area contributed by atoms with Crippen LogP contribution < -0.4 is 19.1 Å². The normalized spacial score (nSPS) is 19.2. The zero-order chi connectivity index (χ0) is 25.9. The van der Waals surface area contributed by atoms with Gasteiger partial charge in [0.2, 0.25) is 10.0 Å². The van der Waals surface area contributed by atoms with Crippen molar-refractivity contribution in [2.24, 2.45) is 5.92 Å². The predicted octanol–water partition coefficient (Wildman–Crippen LogP) is 3.10. The molecule has 2 fully saturated rings. The Bertz CT molecular complexity index is 1190. The van der Waals surface area contributed by atoms with Crippen LogP contribution in [-0.2, 0) is 10.0 Å². The number of piperazine rings is 1. The number of benzene rings is 2. The minimum Gasteiger partial charge on any atom is -0.497 e. The van der Waals surface area contributed by atoms with Crippen molar-refractivity contribution in [3.8, 4) is 17.2 Å². The fraction of sp³-hybridized carbons (Fsp3) is 0.500. The number of nitrogens with zero attached hydrogens (tertiary/aromatic N) is 3. The summed E-state index contributed by atoms with van der Waals surface area (Å²) >= 11 is 0. The molecule has 0 N–H and O–H groups in total. The van der Waals surface area contributed by atoms with Gasteiger partial charge in [-0.2, -0.15) is 4.31 Å². The summed E-state index contributed by atoms with van der Waals surface area (Å²) in [6.45, 7) is 5.23. The summed E-state index contributed by atoms with van der Waals surface area (Å²) in [4.78, 5) is 17.3. The molecule has 10 heteroatoms. The summed E-state index contributed by atoms with van der Waals surface area (Å²) in [5.74, 6) is 1.93. The van der Waals surface area contributed by atoms with Gasteiger partial charge in [0.1, 0.15) is 17.2 Å². The molecule has 2 aliphatic heterocycles. The van der Waals surface area contributed by atoms with Gasteiger partial charge in [-0.3, -0.25) is 4.79 Å². The number of rotatable bonds is 7. The molecule has 0 unspecified atom stereocenters. The molecule has 1 amide bonds. The third-order valence-corrected chi connectivity index (χ3v) is 8.82. The molecule has 0 spiro atoms. The number of amides is 1. The van der Waals surface area contributed by atoms with Crippen LogP contribution in [0.15, 0.2) is 41.3 Å². The lowest BCUT2D eigenvalue weighted by molar-refractivity contribution is 0.0743. The average molecular weight is 518 g/mol. The standard InChI is InChI=1S/C26H35N3O6S/c1-19-6-5-11-29(18-19)36(31,32)21-8-10-24(34-3)23(17-21)27-12-14-28(15-13-27)26(30)22-9-7-20(33-2)16-25(22)35-4/h7-10,16-17,19H,5-6,11-15,18H2,1-4H3/t19-/m1/s1. The van der Waals surface area contributed by atoms with Crippen molar-refractivity contribution in [3.63, 3.8) is 0 Å². The van der Waals surface area contributed by atoms with Gasteiger partial charge in [-0.1, -0.05) is 6.92 Å². The lowest BCUT2D eigenvalue weighted by Crippen LogP contribution is -2.49. The molecule has 36 heavy (non-hydrogen) atoms. The molecule has 196 valence electrons. The summed E-state index contributed by atoms with van der Waals surface area (Å²) < 4.78 is 44.5. The first kappa shape index (κ1) is 26.1. The fourth-order valence-corrected chi connectivity index (χ4v) is 6.51. The molecule has 2 aromatic carbocycles. The van der Waals surface area contributed by atoms with Crippen LogP contribution in [0.4, 0.5) is 5.69 Å². The van der Waals surface area contributed by atoms with Crippen molar-refractivity contribution in [1.29, 1.82) is 0 Å². The monoisotopic (exact) mass is 517 g/mol. The van der Waals surface area contributed by atoms with Gasteiger partial charge in [-0.05, 0) is 49.1 Å². The Morgan fingerprint density at radius 2 is 1.61 bits per heavy atom. The van der Waals surface area contributed by atoms with Crippen LogP contribution in [0.1, 0.15) is 30.1 Å². The number of piperidine rings is 1. The maximum Gasteiger partial charge on any atom is 0.257 e. The molecule has 2 saturated heterocycles. The molecule has 4 rings (SSSR count). The molecule has 0 aromatic heterocycles. The highest BCUT2D eigenvalue weighted by atomic mass is 32.2. The lowest BCUT2D eigenvalue weighted by atomic mass is 10.0. The minimum atomic E-state index is -3.59. The van der Waals surface area contributed by atoms with E-state index in [1.807, 2.05) is 0 Å². The van der Waals surface area contributed by atoms with E-state index in [2.05, 4.69) is 11.8 Å². The summed E-state index contributed by atoms with van der Waals surface area (Å²) in [6.07, 6.45) is 1.92. The molecule has 2 aromatic rings. The zero-order valence-corrected chi connectivity index (χ0v) is 22.2. The highest BCUT2D eigenvalue weighted by Crippen LogP contribution is 2.34. The number of hydrogen-bond donors (Lipinski definition) is 0. The lowest BCUT2D eigenvalue weighted by Gasteiger charge is -2.37. The second kappa shape index (κ2) is 11.0. The number of sulfonamides is 1. The molecule has 0 bridgehead atoms. The zero-order valence-electron chi connectivity index (χ0n) is 21.4. The Labute approximate surface area is 213 Å². The van der Waals surface area contributed by atoms with E-state index < -0.39 is 10.0 Å². The van der Waals surface area contributed by atoms with Crippen LogP contribution in [0.2, 0.25) is 0 Å². The first-order valence-corrected chi connectivity index (χ1v) is 13.7. The van der Waals surface area contributed by atoms with Crippen LogP contribution in [0.5, 0.6) is 17.2 Å². The summed E-state index contributed by atoms with van der Waals surface area (Å²) in [5.41, 5.74) is 1.20. The highest BCUT2D eigenvalue weighted by Gasteiger charge is 2.31. The molecular formula is C26H35N3O6S. The molecule has 0 aliphatic carbocycles. The molecule has 2 heterocycles. The van der Waals surface area contributed by atoms with Crippen molar-refractivity contribution in [2.45, 2.75) is 24.7 Å². The summed E-state index contributed by atoms with van der Waals surface area (Å²) in [5, 5.41) is 0. The second-order valence-corrected chi connectivity index (χ2v) is 11.2. The van der Waals surface area contributed by atoms with Crippen LogP contribution in [0.25, 0.3) is 0 Å². The number of carbonyl (C=O) groups is 1. The van der Waals surface area contributed by atoms with Gasteiger partial charge in [-0.25, -0.2) is 8.42 Å². The van der Waals surface area contributed by atoms with E-state index in [-0.39, 0.29) is 10.8 Å². The van der Waals surface area contributed by atoms with E-state index in [9.17, 15) is 13.2 Å². The third-order valence-electron chi connectivity index (χ3n) is 6.95. The van der Waals surface area contributed by atoms with Crippen LogP contribution in [-0.4, -0.2) is 84.1 Å². The van der Waals surface area contributed by atoms with Crippen molar-refractivity contribution in [3.05, 3.63) is 42.0 Å². The second-order valence-electron chi connectivity index (χ2n) is 9.29. The highest BCUT2D eigenvalue weighted by molar-refractivity contribution is 7.89.